The first-order valence-corrected chi connectivity index (χ1v) is 15.0. The quantitative estimate of drug-likeness (QED) is 0.143. The van der Waals surface area contributed by atoms with E-state index in [1.165, 1.54) is 43.5 Å². The van der Waals surface area contributed by atoms with Crippen LogP contribution >= 0.6 is 39.1 Å². The third kappa shape index (κ3) is 3.78. The zero-order valence-corrected chi connectivity index (χ0v) is 25.1. The molecule has 6 unspecified atom stereocenters. The summed E-state index contributed by atoms with van der Waals surface area (Å²) in [5.41, 5.74) is 1.18. The summed E-state index contributed by atoms with van der Waals surface area (Å²) in [7, 11) is -0.431. The van der Waals surface area contributed by atoms with E-state index in [4.69, 9.17) is 27.9 Å². The van der Waals surface area contributed by atoms with Gasteiger partial charge in [0, 0.05) is 5.92 Å². The van der Waals surface area contributed by atoms with E-state index in [9.17, 15) is 34.3 Å². The lowest BCUT2D eigenvalue weighted by Crippen LogP contribution is -2.60. The number of anilines is 1. The molecule has 3 fully saturated rings. The summed E-state index contributed by atoms with van der Waals surface area (Å²) in [6.07, 6.45) is 1.79. The number of allylic oxidation sites excluding steroid dienone is 2. The monoisotopic (exact) mass is 676 g/mol. The first kappa shape index (κ1) is 29.2. The molecule has 6 atom stereocenters. The Hall–Kier alpha value is -2.90. The number of hydrogen-bond acceptors (Lipinski definition) is 8. The van der Waals surface area contributed by atoms with Gasteiger partial charge in [-0.1, -0.05) is 45.8 Å². The van der Waals surface area contributed by atoms with Gasteiger partial charge in [-0.05, 0) is 54.1 Å². The Labute approximate surface area is 259 Å². The molecule has 3 N–H and O–H groups in total. The number of halogens is 3. The maximum atomic E-state index is 14.1. The van der Waals surface area contributed by atoms with Gasteiger partial charge in [0.15, 0.2) is 21.2 Å². The lowest BCUT2D eigenvalue weighted by molar-refractivity contribution is -0.138. The molecule has 2 aromatic carbocycles. The number of imide groups is 2. The number of benzene rings is 2. The Morgan fingerprint density at radius 2 is 1.79 bits per heavy atom. The Morgan fingerprint density at radius 1 is 1.05 bits per heavy atom. The van der Waals surface area contributed by atoms with Crippen molar-refractivity contribution < 1.29 is 39.1 Å². The van der Waals surface area contributed by atoms with Crippen LogP contribution in [0.4, 0.5) is 5.69 Å². The molecular formula is C28H24BBrCl2N2O8. The molecule has 42 heavy (non-hydrogen) atoms. The number of hydrogen-bond donors (Lipinski definition) is 3. The van der Waals surface area contributed by atoms with Crippen molar-refractivity contribution in [2.45, 2.75) is 28.5 Å². The van der Waals surface area contributed by atoms with Gasteiger partial charge in [0.05, 0.1) is 30.1 Å². The molecule has 14 heteroatoms. The van der Waals surface area contributed by atoms with Crippen LogP contribution in [0.1, 0.15) is 24.3 Å². The summed E-state index contributed by atoms with van der Waals surface area (Å²) in [6, 6.07) is 10.3. The summed E-state index contributed by atoms with van der Waals surface area (Å²) < 4.78 is 5.31. The van der Waals surface area contributed by atoms with Crippen molar-refractivity contribution in [2.75, 3.05) is 17.5 Å². The van der Waals surface area contributed by atoms with Crippen molar-refractivity contribution in [3.8, 4) is 11.5 Å². The fourth-order valence-corrected chi connectivity index (χ4v) is 8.51. The first-order valence-electron chi connectivity index (χ1n) is 13.1. The van der Waals surface area contributed by atoms with Crippen LogP contribution in [0.5, 0.6) is 11.5 Å². The lowest BCUT2D eigenvalue weighted by atomic mass is 9.56. The number of fused-ring (bicyclic) bond motifs is 4. The number of carbonyl (C=O) groups is 4. The van der Waals surface area contributed by atoms with E-state index in [0.29, 0.717) is 11.1 Å². The number of nitrogens with zero attached hydrogens (tertiary/aromatic N) is 2. The number of carbonyl (C=O) groups excluding carboxylic acids is 4. The summed E-state index contributed by atoms with van der Waals surface area (Å²) >= 11 is 17.6. The molecule has 1 saturated carbocycles. The molecule has 0 radical (unpaired) electrons. The summed E-state index contributed by atoms with van der Waals surface area (Å²) in [5, 5.41) is 29.6. The van der Waals surface area contributed by atoms with Gasteiger partial charge in [0.1, 0.15) is 0 Å². The minimum Gasteiger partial charge on any atom is -0.504 e. The van der Waals surface area contributed by atoms with E-state index >= 15 is 0 Å². The van der Waals surface area contributed by atoms with Gasteiger partial charge in [-0.3, -0.25) is 29.0 Å². The molecule has 2 aromatic rings. The number of ether oxygens (including phenoxy) is 1. The van der Waals surface area contributed by atoms with Crippen molar-refractivity contribution in [3.05, 3.63) is 59.7 Å². The standard InChI is InChI=1S/C28H24BBrCl2N2O8/c1-42-20-9-13(5-8-19(20)35)22-16-6-7-17-21(18(16)11-27(31)25(38)33(12-30)26(39)28(22,27)32)24(37)34(23(17)36)15-4-2-3-14(10-15)29(40)41/h2-6,8-10,17-18,21-22,35,40-41H,7,11-12H2,1H3. The predicted octanol–water partition coefficient (Wildman–Crippen LogP) is 2.00. The van der Waals surface area contributed by atoms with E-state index in [2.05, 4.69) is 15.9 Å². The molecule has 0 spiro atoms. The van der Waals surface area contributed by atoms with Gasteiger partial charge >= 0.3 is 7.12 Å². The average Bonchev–Trinajstić information content (AvgIpc) is 3.31. The highest BCUT2D eigenvalue weighted by Crippen LogP contribution is 2.65. The van der Waals surface area contributed by atoms with Crippen LogP contribution in [0.25, 0.3) is 0 Å². The van der Waals surface area contributed by atoms with E-state index in [1.54, 1.807) is 12.1 Å². The SMILES string of the molecule is COc1cc(C2C3=CCC4C(=O)N(c5cccc(B(O)O)c5)C(=O)C4C3CC3(Cl)C(=O)N(CBr)C(=O)C23Cl)ccc1O. The van der Waals surface area contributed by atoms with Crippen LogP contribution in [-0.2, 0) is 19.2 Å². The van der Waals surface area contributed by atoms with Gasteiger partial charge < -0.3 is 19.9 Å². The van der Waals surface area contributed by atoms with Crippen LogP contribution in [0.2, 0.25) is 0 Å². The summed E-state index contributed by atoms with van der Waals surface area (Å²) in [6.45, 7) is 0. The van der Waals surface area contributed by atoms with Crippen LogP contribution in [0.3, 0.4) is 0 Å². The second-order valence-electron chi connectivity index (χ2n) is 10.9. The van der Waals surface area contributed by atoms with Crippen molar-refractivity contribution in [1.29, 1.82) is 0 Å². The number of phenols is 1. The number of likely N-dealkylation sites (tertiary alicyclic amines) is 1. The highest BCUT2D eigenvalue weighted by Gasteiger charge is 2.76. The third-order valence-corrected chi connectivity index (χ3v) is 10.9. The van der Waals surface area contributed by atoms with E-state index in [0.717, 1.165) is 9.80 Å². The van der Waals surface area contributed by atoms with E-state index in [-0.39, 0.29) is 40.9 Å². The minimum atomic E-state index is -1.98. The van der Waals surface area contributed by atoms with Crippen LogP contribution in [0, 0.1) is 17.8 Å². The molecule has 2 aliphatic heterocycles. The fourth-order valence-electron chi connectivity index (χ4n) is 7.08. The summed E-state index contributed by atoms with van der Waals surface area (Å²) in [4.78, 5) is 53.3. The summed E-state index contributed by atoms with van der Waals surface area (Å²) in [5.74, 6) is -5.86. The third-order valence-electron chi connectivity index (χ3n) is 8.98. The zero-order valence-electron chi connectivity index (χ0n) is 22.0. The highest BCUT2D eigenvalue weighted by atomic mass is 79.9. The molecule has 10 nitrogen and oxygen atoms in total. The number of phenolic OH excluding ortho intramolecular Hbond substituents is 1. The van der Waals surface area contributed by atoms with E-state index < -0.39 is 64.2 Å². The second kappa shape index (κ2) is 10.1. The number of rotatable bonds is 5. The predicted molar refractivity (Wildman–Crippen MR) is 157 cm³/mol. The van der Waals surface area contributed by atoms with E-state index in [1.807, 2.05) is 0 Å². The molecule has 0 bridgehead atoms. The topological polar surface area (TPSA) is 145 Å². The van der Waals surface area contributed by atoms with Crippen LogP contribution in [-0.4, -0.2) is 73.1 Å². The first-order chi connectivity index (χ1) is 19.9. The van der Waals surface area contributed by atoms with Crippen molar-refractivity contribution in [1.82, 2.24) is 4.90 Å². The maximum absolute atomic E-state index is 14.1. The van der Waals surface area contributed by atoms with Crippen molar-refractivity contribution in [2.24, 2.45) is 17.8 Å². The number of alkyl halides is 3. The van der Waals surface area contributed by atoms with Gasteiger partial charge in [0.25, 0.3) is 11.8 Å². The Kier molecular flexibility index (Phi) is 7.01. The highest BCUT2D eigenvalue weighted by molar-refractivity contribution is 9.09. The largest absolute Gasteiger partial charge is 0.504 e. The number of methoxy groups -OCH3 is 1. The molecule has 6 rings (SSSR count). The molecule has 4 aliphatic rings. The normalized spacial score (nSPS) is 32.0. The molecule has 218 valence electrons. The smallest absolute Gasteiger partial charge is 0.488 e. The van der Waals surface area contributed by atoms with Gasteiger partial charge in [-0.2, -0.15) is 0 Å². The van der Waals surface area contributed by atoms with Crippen LogP contribution < -0.4 is 15.1 Å². The average molecular weight is 678 g/mol. The zero-order chi connectivity index (χ0) is 30.3. The Bertz CT molecular complexity index is 1590. The van der Waals surface area contributed by atoms with Crippen LogP contribution in [0.15, 0.2) is 54.1 Å². The number of aromatic hydroxyl groups is 1. The maximum Gasteiger partial charge on any atom is 0.488 e. The lowest BCUT2D eigenvalue weighted by Gasteiger charge is -2.50. The molecule has 0 aromatic heterocycles. The minimum absolute atomic E-state index is 0.109. The number of amides is 4. The second-order valence-corrected chi connectivity index (χ2v) is 12.6. The van der Waals surface area contributed by atoms with Gasteiger partial charge in [0.2, 0.25) is 11.8 Å². The Balaban J connectivity index is 1.51. The van der Waals surface area contributed by atoms with Crippen molar-refractivity contribution in [3.63, 3.8) is 0 Å². The van der Waals surface area contributed by atoms with Gasteiger partial charge in [-0.25, -0.2) is 0 Å². The molecule has 2 saturated heterocycles. The van der Waals surface area contributed by atoms with Gasteiger partial charge in [-0.15, -0.1) is 23.2 Å². The molecule has 2 heterocycles. The molecule has 4 amide bonds. The molecule has 2 aliphatic carbocycles. The van der Waals surface area contributed by atoms with Crippen molar-refractivity contribution >= 4 is 81.0 Å². The molecular weight excluding hydrogens is 654 g/mol. The Morgan fingerprint density at radius 3 is 2.45 bits per heavy atom. The fraction of sp³-hybridized carbons (Fsp3) is 0.357.